The molecule has 5 heteroatoms. The molecule has 0 radical (unpaired) electrons. The molecule has 21 heavy (non-hydrogen) atoms. The van der Waals surface area contributed by atoms with E-state index < -0.39 is 0 Å². The number of nitrogens with zero attached hydrogens (tertiary/aromatic N) is 1. The summed E-state index contributed by atoms with van der Waals surface area (Å²) in [5, 5.41) is 0.808. The standard InChI is InChI=1S/C16H22N2OS2/c1-8-9(2)21-12-11(8)13(19)18(14(20)17-12)7-10-15(3,4)16(10,5)6/h10H,7H2,1-6H3,(H,17,20). The van der Waals surface area contributed by atoms with Crippen molar-refractivity contribution in [2.24, 2.45) is 16.7 Å². The van der Waals surface area contributed by atoms with Gasteiger partial charge in [-0.2, -0.15) is 0 Å². The van der Waals surface area contributed by atoms with Crippen LogP contribution in [0.3, 0.4) is 0 Å². The van der Waals surface area contributed by atoms with Gasteiger partial charge in [-0.05, 0) is 48.4 Å². The number of fused-ring (bicyclic) bond motifs is 1. The maximum Gasteiger partial charge on any atom is 0.263 e. The Morgan fingerprint density at radius 2 is 1.81 bits per heavy atom. The summed E-state index contributed by atoms with van der Waals surface area (Å²) in [7, 11) is 0. The summed E-state index contributed by atoms with van der Waals surface area (Å²) in [6.45, 7) is 13.9. The molecule has 0 spiro atoms. The summed E-state index contributed by atoms with van der Waals surface area (Å²) in [5.74, 6) is 0.482. The predicted molar refractivity (Wildman–Crippen MR) is 91.8 cm³/mol. The Morgan fingerprint density at radius 1 is 1.24 bits per heavy atom. The Hall–Kier alpha value is -0.940. The van der Waals surface area contributed by atoms with Gasteiger partial charge in [0.2, 0.25) is 0 Å². The number of aryl methyl sites for hydroxylation is 2. The topological polar surface area (TPSA) is 37.8 Å². The summed E-state index contributed by atoms with van der Waals surface area (Å²) < 4.78 is 2.31. The number of aromatic nitrogens is 2. The third-order valence-electron chi connectivity index (χ3n) is 5.99. The first-order valence-corrected chi connectivity index (χ1v) is 8.54. The minimum Gasteiger partial charge on any atom is -0.323 e. The lowest BCUT2D eigenvalue weighted by atomic mass is 10.0. The molecule has 1 aliphatic rings. The van der Waals surface area contributed by atoms with Crippen LogP contribution in [0.15, 0.2) is 4.79 Å². The molecule has 0 aromatic carbocycles. The van der Waals surface area contributed by atoms with E-state index in [2.05, 4.69) is 32.7 Å². The van der Waals surface area contributed by atoms with Crippen molar-refractivity contribution in [1.82, 2.24) is 9.55 Å². The molecule has 0 unspecified atom stereocenters. The van der Waals surface area contributed by atoms with Crippen molar-refractivity contribution in [1.29, 1.82) is 0 Å². The molecule has 0 atom stereocenters. The second-order valence-corrected chi connectivity index (χ2v) is 8.94. The number of thiophene rings is 1. The molecule has 0 bridgehead atoms. The minimum absolute atomic E-state index is 0.0640. The molecule has 0 saturated heterocycles. The van der Waals surface area contributed by atoms with Crippen molar-refractivity contribution >= 4 is 33.8 Å². The van der Waals surface area contributed by atoms with Crippen molar-refractivity contribution in [3.63, 3.8) is 0 Å². The van der Waals surface area contributed by atoms with Crippen LogP contribution in [0.5, 0.6) is 0 Å². The molecule has 1 N–H and O–H groups in total. The first-order valence-electron chi connectivity index (χ1n) is 7.32. The lowest BCUT2D eigenvalue weighted by molar-refractivity contribution is 0.457. The third kappa shape index (κ3) is 1.90. The van der Waals surface area contributed by atoms with Crippen molar-refractivity contribution in [2.45, 2.75) is 48.1 Å². The molecule has 2 heterocycles. The molecule has 1 fully saturated rings. The maximum atomic E-state index is 12.9. The zero-order valence-electron chi connectivity index (χ0n) is 13.5. The van der Waals surface area contributed by atoms with Crippen LogP contribution in [0.4, 0.5) is 0 Å². The average molecular weight is 322 g/mol. The largest absolute Gasteiger partial charge is 0.323 e. The molecular weight excluding hydrogens is 300 g/mol. The number of rotatable bonds is 2. The summed E-state index contributed by atoms with van der Waals surface area (Å²) in [6.07, 6.45) is 0. The number of hydrogen-bond donors (Lipinski definition) is 1. The second kappa shape index (κ2) is 4.29. The lowest BCUT2D eigenvalue weighted by Gasteiger charge is -2.08. The highest BCUT2D eigenvalue weighted by Gasteiger charge is 2.64. The minimum atomic E-state index is 0.0640. The molecule has 2 aromatic heterocycles. The van der Waals surface area contributed by atoms with Crippen LogP contribution in [0, 0.1) is 35.4 Å². The van der Waals surface area contributed by atoms with Gasteiger partial charge in [0, 0.05) is 11.4 Å². The first-order chi connectivity index (χ1) is 9.59. The lowest BCUT2D eigenvalue weighted by Crippen LogP contribution is -2.24. The molecule has 1 saturated carbocycles. The van der Waals surface area contributed by atoms with Crippen molar-refractivity contribution < 1.29 is 0 Å². The van der Waals surface area contributed by atoms with Gasteiger partial charge in [0.1, 0.15) is 4.83 Å². The number of nitrogens with one attached hydrogen (secondary N) is 1. The highest BCUT2D eigenvalue weighted by Crippen LogP contribution is 2.68. The van der Waals surface area contributed by atoms with E-state index in [9.17, 15) is 4.79 Å². The van der Waals surface area contributed by atoms with Gasteiger partial charge in [0.15, 0.2) is 4.77 Å². The van der Waals surface area contributed by atoms with Gasteiger partial charge in [-0.1, -0.05) is 27.7 Å². The summed E-state index contributed by atoms with van der Waals surface area (Å²) in [5.41, 5.74) is 1.65. The van der Waals surface area contributed by atoms with Crippen LogP contribution < -0.4 is 5.56 Å². The Morgan fingerprint density at radius 3 is 2.33 bits per heavy atom. The van der Waals surface area contributed by atoms with E-state index in [1.807, 2.05) is 13.8 Å². The van der Waals surface area contributed by atoms with E-state index >= 15 is 0 Å². The second-order valence-electron chi connectivity index (χ2n) is 7.33. The summed E-state index contributed by atoms with van der Waals surface area (Å²) >= 11 is 7.04. The Bertz CT molecular complexity index is 838. The maximum absolute atomic E-state index is 12.9. The Labute approximate surface area is 134 Å². The molecule has 114 valence electrons. The van der Waals surface area contributed by atoms with E-state index in [0.717, 1.165) is 15.8 Å². The van der Waals surface area contributed by atoms with Gasteiger partial charge >= 0.3 is 0 Å². The van der Waals surface area contributed by atoms with Crippen LogP contribution in [-0.2, 0) is 6.54 Å². The van der Waals surface area contributed by atoms with Gasteiger partial charge in [0.25, 0.3) is 5.56 Å². The molecule has 3 rings (SSSR count). The van der Waals surface area contributed by atoms with Crippen LogP contribution in [-0.4, -0.2) is 9.55 Å². The van der Waals surface area contributed by atoms with Gasteiger partial charge in [-0.25, -0.2) is 0 Å². The zero-order chi connectivity index (χ0) is 15.7. The fourth-order valence-electron chi connectivity index (χ4n) is 3.50. The van der Waals surface area contributed by atoms with Gasteiger partial charge in [0.05, 0.1) is 5.39 Å². The number of aromatic amines is 1. The van der Waals surface area contributed by atoms with Crippen molar-refractivity contribution in [3.05, 3.63) is 25.6 Å². The molecule has 3 nitrogen and oxygen atoms in total. The normalized spacial score (nSPS) is 20.1. The fraction of sp³-hybridized carbons (Fsp3) is 0.625. The van der Waals surface area contributed by atoms with E-state index in [4.69, 9.17) is 12.2 Å². The summed E-state index contributed by atoms with van der Waals surface area (Å²) in [6, 6.07) is 0. The highest BCUT2D eigenvalue weighted by atomic mass is 32.1. The molecule has 1 aliphatic carbocycles. The monoisotopic (exact) mass is 322 g/mol. The summed E-state index contributed by atoms with van der Waals surface area (Å²) in [4.78, 5) is 18.2. The van der Waals surface area contributed by atoms with Gasteiger partial charge in [-0.15, -0.1) is 11.3 Å². The average Bonchev–Trinajstić information content (AvgIpc) is 2.61. The van der Waals surface area contributed by atoms with Crippen LogP contribution in [0.25, 0.3) is 10.2 Å². The van der Waals surface area contributed by atoms with Crippen LogP contribution >= 0.6 is 23.6 Å². The quantitative estimate of drug-likeness (QED) is 0.831. The van der Waals surface area contributed by atoms with E-state index in [-0.39, 0.29) is 16.4 Å². The van der Waals surface area contributed by atoms with E-state index in [1.165, 1.54) is 4.88 Å². The van der Waals surface area contributed by atoms with Crippen molar-refractivity contribution in [2.75, 3.05) is 0 Å². The third-order valence-corrected chi connectivity index (χ3v) is 7.44. The van der Waals surface area contributed by atoms with Crippen LogP contribution in [0.1, 0.15) is 38.1 Å². The van der Waals surface area contributed by atoms with Gasteiger partial charge in [-0.3, -0.25) is 9.36 Å². The molecular formula is C16H22N2OS2. The van der Waals surface area contributed by atoms with Crippen molar-refractivity contribution in [3.8, 4) is 0 Å². The fourth-order valence-corrected chi connectivity index (χ4v) is 4.88. The predicted octanol–water partition coefficient (Wildman–Crippen LogP) is 4.42. The van der Waals surface area contributed by atoms with Crippen LogP contribution in [0.2, 0.25) is 0 Å². The first kappa shape index (κ1) is 15.0. The zero-order valence-corrected chi connectivity index (χ0v) is 15.1. The Kier molecular flexibility index (Phi) is 3.06. The van der Waals surface area contributed by atoms with E-state index in [0.29, 0.717) is 17.2 Å². The smallest absolute Gasteiger partial charge is 0.263 e. The van der Waals surface area contributed by atoms with Gasteiger partial charge < -0.3 is 4.98 Å². The molecule has 0 amide bonds. The SMILES string of the molecule is Cc1sc2[nH]c(=S)n(CC3C(C)(C)C3(C)C)c(=O)c2c1C. The van der Waals surface area contributed by atoms with E-state index in [1.54, 1.807) is 15.9 Å². The number of hydrogen-bond acceptors (Lipinski definition) is 3. The number of H-pyrrole nitrogens is 1. The highest BCUT2D eigenvalue weighted by molar-refractivity contribution is 7.71. The Balaban J connectivity index is 2.15. The molecule has 0 aliphatic heterocycles. The molecule has 2 aromatic rings.